The van der Waals surface area contributed by atoms with E-state index >= 15 is 0 Å². The minimum atomic E-state index is -0.526. The molecule has 0 radical (unpaired) electrons. The largest absolute Gasteiger partial charge is 0.325 e. The molecule has 0 aromatic carbocycles. The molecule has 2 heterocycles. The lowest BCUT2D eigenvalue weighted by molar-refractivity contribution is 0.687. The van der Waals surface area contributed by atoms with Crippen LogP contribution in [-0.4, -0.2) is 31.0 Å². The first kappa shape index (κ1) is 13.3. The number of nitrogens with zero attached hydrogens (tertiary/aromatic N) is 3. The van der Waals surface area contributed by atoms with Gasteiger partial charge in [-0.05, 0) is 6.26 Å². The molecule has 0 bridgehead atoms. The standard InChI is InChI=1S/C11H13N5O2S/c1-3-4-16-8(14-15-11(16)19-2)5-7-6-9(17)13-10(18)12-7/h3,6H,1,4-5H2,2H3,(H2,12,13,17,18). The van der Waals surface area contributed by atoms with Crippen molar-refractivity contribution in [3.05, 3.63) is 51.1 Å². The van der Waals surface area contributed by atoms with Crippen LogP contribution in [0.2, 0.25) is 0 Å². The molecule has 7 nitrogen and oxygen atoms in total. The average molecular weight is 279 g/mol. The number of allylic oxidation sites excluding steroid dienone is 1. The zero-order valence-corrected chi connectivity index (χ0v) is 11.2. The summed E-state index contributed by atoms with van der Waals surface area (Å²) in [4.78, 5) is 27.1. The summed E-state index contributed by atoms with van der Waals surface area (Å²) >= 11 is 1.47. The molecule has 0 fully saturated rings. The van der Waals surface area contributed by atoms with Crippen molar-refractivity contribution in [3.8, 4) is 0 Å². The van der Waals surface area contributed by atoms with Crippen molar-refractivity contribution >= 4 is 11.8 Å². The Bertz CT molecular complexity index is 671. The molecule has 0 saturated heterocycles. The minimum absolute atomic E-state index is 0.334. The molecule has 0 amide bonds. The second kappa shape index (κ2) is 5.70. The number of aromatic amines is 2. The first-order valence-corrected chi connectivity index (χ1v) is 6.76. The molecule has 0 aliphatic heterocycles. The molecule has 0 unspecified atom stereocenters. The van der Waals surface area contributed by atoms with E-state index < -0.39 is 11.2 Å². The van der Waals surface area contributed by atoms with Crippen LogP contribution in [0.4, 0.5) is 0 Å². The van der Waals surface area contributed by atoms with E-state index in [1.165, 1.54) is 17.8 Å². The molecular weight excluding hydrogens is 266 g/mol. The third-order valence-electron chi connectivity index (χ3n) is 2.45. The molecule has 0 spiro atoms. The van der Waals surface area contributed by atoms with Gasteiger partial charge in [-0.1, -0.05) is 17.8 Å². The van der Waals surface area contributed by atoms with E-state index in [0.717, 1.165) is 5.16 Å². The van der Waals surface area contributed by atoms with Crippen LogP contribution in [0.5, 0.6) is 0 Å². The fourth-order valence-electron chi connectivity index (χ4n) is 1.70. The normalized spacial score (nSPS) is 10.6. The van der Waals surface area contributed by atoms with Gasteiger partial charge in [-0.25, -0.2) is 4.79 Å². The van der Waals surface area contributed by atoms with E-state index in [0.29, 0.717) is 24.5 Å². The molecule has 19 heavy (non-hydrogen) atoms. The van der Waals surface area contributed by atoms with Crippen molar-refractivity contribution in [1.29, 1.82) is 0 Å². The van der Waals surface area contributed by atoms with Gasteiger partial charge in [-0.15, -0.1) is 16.8 Å². The van der Waals surface area contributed by atoms with E-state index in [1.807, 2.05) is 10.8 Å². The molecule has 2 aromatic rings. The lowest BCUT2D eigenvalue weighted by atomic mass is 10.3. The fraction of sp³-hybridized carbons (Fsp3) is 0.273. The summed E-state index contributed by atoms with van der Waals surface area (Å²) < 4.78 is 1.89. The first-order chi connectivity index (χ1) is 9.13. The van der Waals surface area contributed by atoms with Crippen LogP contribution in [0.15, 0.2) is 33.5 Å². The predicted octanol–water partition coefficient (Wildman–Crippen LogP) is 0.153. The SMILES string of the molecule is C=CCn1c(Cc2cc(=O)[nH]c(=O)[nH]2)nnc1SC. The Balaban J connectivity index is 2.37. The molecule has 0 atom stereocenters. The fourth-order valence-corrected chi connectivity index (χ4v) is 2.22. The Morgan fingerprint density at radius 3 is 2.84 bits per heavy atom. The molecular formula is C11H13N5O2S. The number of nitrogens with one attached hydrogen (secondary N) is 2. The van der Waals surface area contributed by atoms with Gasteiger partial charge in [-0.2, -0.15) is 0 Å². The number of rotatable bonds is 5. The number of aromatic nitrogens is 5. The van der Waals surface area contributed by atoms with Crippen LogP contribution in [0.25, 0.3) is 0 Å². The molecule has 8 heteroatoms. The van der Waals surface area contributed by atoms with Crippen LogP contribution in [0.3, 0.4) is 0 Å². The molecule has 0 aliphatic carbocycles. The highest BCUT2D eigenvalue weighted by atomic mass is 32.2. The number of hydrogen-bond donors (Lipinski definition) is 2. The second-order valence-corrected chi connectivity index (χ2v) is 4.57. The van der Waals surface area contributed by atoms with Crippen LogP contribution < -0.4 is 11.2 Å². The first-order valence-electron chi connectivity index (χ1n) is 5.53. The van der Waals surface area contributed by atoms with Crippen LogP contribution >= 0.6 is 11.8 Å². The molecule has 2 N–H and O–H groups in total. The van der Waals surface area contributed by atoms with E-state index in [-0.39, 0.29) is 0 Å². The number of thioether (sulfide) groups is 1. The van der Waals surface area contributed by atoms with E-state index in [9.17, 15) is 9.59 Å². The number of H-pyrrole nitrogens is 2. The van der Waals surface area contributed by atoms with Crippen molar-refractivity contribution in [2.75, 3.05) is 6.26 Å². The van der Waals surface area contributed by atoms with Gasteiger partial charge in [0.05, 0.1) is 0 Å². The summed E-state index contributed by atoms with van der Waals surface area (Å²) in [5.41, 5.74) is -0.458. The maximum Gasteiger partial charge on any atom is 0.325 e. The summed E-state index contributed by atoms with van der Waals surface area (Å²) in [6.45, 7) is 4.26. The Hall–Kier alpha value is -2.09. The Morgan fingerprint density at radius 1 is 1.42 bits per heavy atom. The smallest absolute Gasteiger partial charge is 0.311 e. The van der Waals surface area contributed by atoms with Crippen LogP contribution in [0.1, 0.15) is 11.5 Å². The van der Waals surface area contributed by atoms with Crippen molar-refractivity contribution in [2.24, 2.45) is 0 Å². The molecule has 2 aromatic heterocycles. The average Bonchev–Trinajstić information content (AvgIpc) is 2.71. The van der Waals surface area contributed by atoms with Gasteiger partial charge < -0.3 is 9.55 Å². The van der Waals surface area contributed by atoms with Gasteiger partial charge >= 0.3 is 5.69 Å². The Kier molecular flexibility index (Phi) is 4.00. The van der Waals surface area contributed by atoms with Gasteiger partial charge in [-0.3, -0.25) is 9.78 Å². The van der Waals surface area contributed by atoms with E-state index in [4.69, 9.17) is 0 Å². The lowest BCUT2D eigenvalue weighted by Gasteiger charge is -2.05. The second-order valence-electron chi connectivity index (χ2n) is 3.79. The molecule has 100 valence electrons. The van der Waals surface area contributed by atoms with Crippen molar-refractivity contribution in [1.82, 2.24) is 24.7 Å². The van der Waals surface area contributed by atoms with E-state index in [2.05, 4.69) is 26.7 Å². The molecule has 2 rings (SSSR count). The zero-order valence-electron chi connectivity index (χ0n) is 10.3. The highest BCUT2D eigenvalue weighted by molar-refractivity contribution is 7.98. The highest BCUT2D eigenvalue weighted by Gasteiger charge is 2.11. The number of hydrogen-bond acceptors (Lipinski definition) is 5. The van der Waals surface area contributed by atoms with Gasteiger partial charge in [0.15, 0.2) is 5.16 Å². The van der Waals surface area contributed by atoms with Gasteiger partial charge in [0.2, 0.25) is 0 Å². The van der Waals surface area contributed by atoms with Crippen LogP contribution in [-0.2, 0) is 13.0 Å². The summed E-state index contributed by atoms with van der Waals surface area (Å²) in [6.07, 6.45) is 3.98. The van der Waals surface area contributed by atoms with E-state index in [1.54, 1.807) is 6.08 Å². The zero-order chi connectivity index (χ0) is 13.8. The highest BCUT2D eigenvalue weighted by Crippen LogP contribution is 2.15. The summed E-state index contributed by atoms with van der Waals surface area (Å²) in [6, 6.07) is 1.34. The Morgan fingerprint density at radius 2 is 2.21 bits per heavy atom. The van der Waals surface area contributed by atoms with Crippen molar-refractivity contribution in [2.45, 2.75) is 18.1 Å². The van der Waals surface area contributed by atoms with Crippen LogP contribution in [0, 0.1) is 0 Å². The Labute approximate surface area is 112 Å². The predicted molar refractivity (Wildman–Crippen MR) is 72.5 cm³/mol. The topological polar surface area (TPSA) is 96.4 Å². The van der Waals surface area contributed by atoms with Crippen molar-refractivity contribution in [3.63, 3.8) is 0 Å². The van der Waals surface area contributed by atoms with Gasteiger partial charge in [0.25, 0.3) is 5.56 Å². The van der Waals surface area contributed by atoms with Gasteiger partial charge in [0.1, 0.15) is 5.82 Å². The molecule has 0 saturated carbocycles. The third kappa shape index (κ3) is 3.02. The molecule has 0 aliphatic rings. The minimum Gasteiger partial charge on any atom is -0.311 e. The quantitative estimate of drug-likeness (QED) is 0.600. The summed E-state index contributed by atoms with van der Waals surface area (Å²) in [5.74, 6) is 0.672. The maximum absolute atomic E-state index is 11.2. The third-order valence-corrected chi connectivity index (χ3v) is 3.12. The maximum atomic E-state index is 11.2. The lowest BCUT2D eigenvalue weighted by Crippen LogP contribution is -2.23. The van der Waals surface area contributed by atoms with Gasteiger partial charge in [0, 0.05) is 24.7 Å². The summed E-state index contributed by atoms with van der Waals surface area (Å²) in [7, 11) is 0. The summed E-state index contributed by atoms with van der Waals surface area (Å²) in [5, 5.41) is 8.88. The van der Waals surface area contributed by atoms with Crippen molar-refractivity contribution < 1.29 is 0 Å². The monoisotopic (exact) mass is 279 g/mol.